The topological polar surface area (TPSA) is 58.6 Å². The smallest absolute Gasteiger partial charge is 0.407 e. The number of amides is 1. The predicted molar refractivity (Wildman–Crippen MR) is 91.8 cm³/mol. The molecular formula is C18H26ClNO3. The number of hydrogen-bond donors (Lipinski definition) is 2. The zero-order valence-electron chi connectivity index (χ0n) is 14.1. The second-order valence-corrected chi connectivity index (χ2v) is 7.81. The molecule has 23 heavy (non-hydrogen) atoms. The lowest BCUT2D eigenvalue weighted by Gasteiger charge is -2.39. The summed E-state index contributed by atoms with van der Waals surface area (Å²) in [5.74, 6) is 0. The summed E-state index contributed by atoms with van der Waals surface area (Å²) < 4.78 is 5.33. The zero-order chi connectivity index (χ0) is 17.1. The van der Waals surface area contributed by atoms with E-state index in [2.05, 4.69) is 5.32 Å². The number of aliphatic hydroxyl groups excluding tert-OH is 1. The van der Waals surface area contributed by atoms with E-state index in [1.165, 1.54) is 0 Å². The van der Waals surface area contributed by atoms with E-state index in [1.807, 2.05) is 45.0 Å². The molecule has 1 aromatic rings. The van der Waals surface area contributed by atoms with Crippen LogP contribution in [0, 0.1) is 0 Å². The summed E-state index contributed by atoms with van der Waals surface area (Å²) in [7, 11) is 0. The molecule has 128 valence electrons. The molecule has 5 heteroatoms. The van der Waals surface area contributed by atoms with E-state index in [0.29, 0.717) is 11.6 Å². The van der Waals surface area contributed by atoms with Gasteiger partial charge in [0.25, 0.3) is 0 Å². The monoisotopic (exact) mass is 339 g/mol. The van der Waals surface area contributed by atoms with Crippen molar-refractivity contribution in [2.24, 2.45) is 0 Å². The van der Waals surface area contributed by atoms with Crippen molar-refractivity contribution in [1.82, 2.24) is 5.32 Å². The number of hydrogen-bond acceptors (Lipinski definition) is 3. The Morgan fingerprint density at radius 2 is 2.04 bits per heavy atom. The molecule has 1 fully saturated rings. The van der Waals surface area contributed by atoms with Gasteiger partial charge in [-0.1, -0.05) is 23.7 Å². The van der Waals surface area contributed by atoms with E-state index < -0.39 is 11.7 Å². The molecule has 0 saturated heterocycles. The maximum Gasteiger partial charge on any atom is 0.407 e. The minimum Gasteiger partial charge on any atom is -0.444 e. The molecule has 4 nitrogen and oxygen atoms in total. The third kappa shape index (κ3) is 5.11. The van der Waals surface area contributed by atoms with E-state index in [9.17, 15) is 9.90 Å². The number of benzene rings is 1. The van der Waals surface area contributed by atoms with Crippen LogP contribution in [0.3, 0.4) is 0 Å². The fourth-order valence-electron chi connectivity index (χ4n) is 3.10. The van der Waals surface area contributed by atoms with E-state index in [0.717, 1.165) is 31.2 Å². The fraction of sp³-hybridized carbons (Fsp3) is 0.611. The summed E-state index contributed by atoms with van der Waals surface area (Å²) in [6.07, 6.45) is 2.40. The SMILES string of the molecule is CC(C)(C)OC(=O)NC[C@]1(c2cccc(Cl)c2)CC[C@H](O)CC1. The van der Waals surface area contributed by atoms with Crippen LogP contribution in [-0.4, -0.2) is 29.4 Å². The summed E-state index contributed by atoms with van der Waals surface area (Å²) in [4.78, 5) is 12.0. The van der Waals surface area contributed by atoms with Crippen molar-refractivity contribution >= 4 is 17.7 Å². The predicted octanol–water partition coefficient (Wildman–Crippen LogP) is 4.04. The first-order valence-electron chi connectivity index (χ1n) is 8.11. The van der Waals surface area contributed by atoms with Gasteiger partial charge in [0.1, 0.15) is 5.60 Å². The molecule has 0 spiro atoms. The van der Waals surface area contributed by atoms with Crippen LogP contribution in [0.5, 0.6) is 0 Å². The van der Waals surface area contributed by atoms with Crippen LogP contribution in [-0.2, 0) is 10.2 Å². The Labute approximate surface area is 143 Å². The van der Waals surface area contributed by atoms with Crippen LogP contribution < -0.4 is 5.32 Å². The Morgan fingerprint density at radius 3 is 2.61 bits per heavy atom. The third-order valence-corrected chi connectivity index (χ3v) is 4.55. The first kappa shape index (κ1) is 18.1. The van der Waals surface area contributed by atoms with Gasteiger partial charge in [0.2, 0.25) is 0 Å². The second kappa shape index (κ2) is 7.10. The number of nitrogens with one attached hydrogen (secondary N) is 1. The Hall–Kier alpha value is -1.26. The van der Waals surface area contributed by atoms with E-state index in [1.54, 1.807) is 0 Å². The first-order chi connectivity index (χ1) is 10.7. The number of aliphatic hydroxyl groups is 1. The zero-order valence-corrected chi connectivity index (χ0v) is 14.8. The van der Waals surface area contributed by atoms with Crippen molar-refractivity contribution in [3.63, 3.8) is 0 Å². The minimum atomic E-state index is -0.518. The van der Waals surface area contributed by atoms with Gasteiger partial charge in [-0.05, 0) is 64.2 Å². The van der Waals surface area contributed by atoms with Crippen LogP contribution in [0.1, 0.15) is 52.0 Å². The summed E-state index contributed by atoms with van der Waals surface area (Å²) in [5, 5.41) is 13.4. The first-order valence-corrected chi connectivity index (χ1v) is 8.49. The van der Waals surface area contributed by atoms with Crippen molar-refractivity contribution in [2.75, 3.05) is 6.54 Å². The molecule has 1 aromatic carbocycles. The number of carbonyl (C=O) groups is 1. The van der Waals surface area contributed by atoms with Gasteiger partial charge < -0.3 is 15.2 Å². The Morgan fingerprint density at radius 1 is 1.39 bits per heavy atom. The minimum absolute atomic E-state index is 0.207. The normalized spacial score (nSPS) is 25.0. The molecule has 1 amide bonds. The summed E-state index contributed by atoms with van der Waals surface area (Å²) in [6, 6.07) is 7.77. The maximum absolute atomic E-state index is 12.0. The van der Waals surface area contributed by atoms with E-state index in [4.69, 9.17) is 16.3 Å². The molecule has 1 aliphatic carbocycles. The molecule has 0 aromatic heterocycles. The fourth-order valence-corrected chi connectivity index (χ4v) is 3.29. The summed E-state index contributed by atoms with van der Waals surface area (Å²) >= 11 is 6.14. The second-order valence-electron chi connectivity index (χ2n) is 7.38. The van der Waals surface area contributed by atoms with Gasteiger partial charge in [-0.25, -0.2) is 4.79 Å². The van der Waals surface area contributed by atoms with Gasteiger partial charge in [-0.2, -0.15) is 0 Å². The number of halogens is 1. The average molecular weight is 340 g/mol. The molecule has 0 atom stereocenters. The molecule has 0 heterocycles. The summed E-state index contributed by atoms with van der Waals surface area (Å²) in [5.41, 5.74) is 0.379. The van der Waals surface area contributed by atoms with Crippen molar-refractivity contribution in [3.8, 4) is 0 Å². The highest BCUT2D eigenvalue weighted by Gasteiger charge is 2.37. The molecule has 2 rings (SSSR count). The maximum atomic E-state index is 12.0. The quantitative estimate of drug-likeness (QED) is 0.873. The molecule has 1 aliphatic rings. The van der Waals surface area contributed by atoms with Crippen molar-refractivity contribution in [3.05, 3.63) is 34.9 Å². The van der Waals surface area contributed by atoms with Crippen LogP contribution in [0.15, 0.2) is 24.3 Å². The molecule has 0 unspecified atom stereocenters. The third-order valence-electron chi connectivity index (χ3n) is 4.32. The van der Waals surface area contributed by atoms with Crippen LogP contribution in [0.25, 0.3) is 0 Å². The molecule has 0 bridgehead atoms. The van der Waals surface area contributed by atoms with Gasteiger partial charge in [-0.15, -0.1) is 0 Å². The Kier molecular flexibility index (Phi) is 5.58. The molecule has 2 N–H and O–H groups in total. The Balaban J connectivity index is 2.14. The number of carbonyl (C=O) groups excluding carboxylic acids is 1. The molecule has 0 aliphatic heterocycles. The number of ether oxygens (including phenoxy) is 1. The highest BCUT2D eigenvalue weighted by Crippen LogP contribution is 2.40. The van der Waals surface area contributed by atoms with Crippen LogP contribution >= 0.6 is 11.6 Å². The molecule has 1 saturated carbocycles. The lowest BCUT2D eigenvalue weighted by atomic mass is 9.68. The molecule has 0 radical (unpaired) electrons. The van der Waals surface area contributed by atoms with Gasteiger partial charge in [0, 0.05) is 17.0 Å². The summed E-state index contributed by atoms with van der Waals surface area (Å²) in [6.45, 7) is 6.01. The number of alkyl carbamates (subject to hydrolysis) is 1. The van der Waals surface area contributed by atoms with Gasteiger partial charge in [0.05, 0.1) is 6.10 Å². The standard InChI is InChI=1S/C18H26ClNO3/c1-17(2,3)23-16(22)20-12-18(9-7-15(21)8-10-18)13-5-4-6-14(19)11-13/h4-6,11,15,21H,7-10,12H2,1-3H3,(H,20,22)/t15-,18-. The lowest BCUT2D eigenvalue weighted by molar-refractivity contribution is 0.0487. The highest BCUT2D eigenvalue weighted by molar-refractivity contribution is 6.30. The van der Waals surface area contributed by atoms with Crippen molar-refractivity contribution < 1.29 is 14.6 Å². The highest BCUT2D eigenvalue weighted by atomic mass is 35.5. The van der Waals surface area contributed by atoms with Gasteiger partial charge in [-0.3, -0.25) is 0 Å². The van der Waals surface area contributed by atoms with Crippen LogP contribution in [0.4, 0.5) is 4.79 Å². The van der Waals surface area contributed by atoms with E-state index >= 15 is 0 Å². The van der Waals surface area contributed by atoms with Gasteiger partial charge >= 0.3 is 6.09 Å². The largest absolute Gasteiger partial charge is 0.444 e. The van der Waals surface area contributed by atoms with Gasteiger partial charge in [0.15, 0.2) is 0 Å². The van der Waals surface area contributed by atoms with E-state index in [-0.39, 0.29) is 11.5 Å². The average Bonchev–Trinajstić information content (AvgIpc) is 2.45. The molecular weight excluding hydrogens is 314 g/mol. The van der Waals surface area contributed by atoms with Crippen molar-refractivity contribution in [2.45, 2.75) is 63.6 Å². The van der Waals surface area contributed by atoms with Crippen LogP contribution in [0.2, 0.25) is 5.02 Å². The Bertz CT molecular complexity index is 545. The number of rotatable bonds is 3. The lowest BCUT2D eigenvalue weighted by Crippen LogP contribution is -2.45. The van der Waals surface area contributed by atoms with Crippen molar-refractivity contribution in [1.29, 1.82) is 0 Å².